The Morgan fingerprint density at radius 3 is 2.29 bits per heavy atom. The number of aryl methyl sites for hydroxylation is 1. The second-order valence-corrected chi connectivity index (χ2v) is 13.0. The number of rotatable bonds is 11. The molecule has 3 aromatic carbocycles. The van der Waals surface area contributed by atoms with E-state index in [-0.39, 0.29) is 23.4 Å². The summed E-state index contributed by atoms with van der Waals surface area (Å²) >= 11 is 6.17. The van der Waals surface area contributed by atoms with Gasteiger partial charge in [0, 0.05) is 17.6 Å². The van der Waals surface area contributed by atoms with Gasteiger partial charge in [-0.2, -0.15) is 0 Å². The maximum absolute atomic E-state index is 14.2. The smallest absolute Gasteiger partial charge is 0.264 e. The third-order valence-corrected chi connectivity index (χ3v) is 9.65. The Hall–Kier alpha value is -3.43. The lowest BCUT2D eigenvalue weighted by Gasteiger charge is -2.34. The van der Waals surface area contributed by atoms with Crippen LogP contribution in [-0.4, -0.2) is 43.8 Å². The molecular weight excluding hydrogens is 577 g/mol. The third kappa shape index (κ3) is 7.69. The molecule has 1 N–H and O–H groups in total. The number of halogens is 2. The zero-order valence-electron chi connectivity index (χ0n) is 23.9. The monoisotopic (exact) mass is 613 g/mol. The number of carbonyl (C=O) groups is 2. The lowest BCUT2D eigenvalue weighted by Crippen LogP contribution is -2.54. The van der Waals surface area contributed by atoms with Gasteiger partial charge in [0.1, 0.15) is 18.4 Å². The van der Waals surface area contributed by atoms with Crippen LogP contribution in [-0.2, 0) is 26.2 Å². The molecule has 1 aliphatic rings. The molecule has 1 aliphatic carbocycles. The molecule has 1 atom stereocenters. The van der Waals surface area contributed by atoms with Gasteiger partial charge < -0.3 is 10.2 Å². The standard InChI is InChI=1S/C32H37ClFN3O4S/c1-3-29(32(39)35-27-10-6-4-7-11-27)36(21-24-14-17-26(34)18-15-24)31(38)22-37(30-19-16-25(33)20-23(30)2)42(40,41)28-12-8-5-9-13-28/h5,8-9,12-20,27,29H,3-4,6-7,10-11,21-22H2,1-2H3,(H,35,39)/t29-/m0/s1. The minimum atomic E-state index is -4.18. The second kappa shape index (κ2) is 14.2. The van der Waals surface area contributed by atoms with Crippen molar-refractivity contribution in [2.75, 3.05) is 10.8 Å². The van der Waals surface area contributed by atoms with Crippen molar-refractivity contribution in [1.29, 1.82) is 0 Å². The molecule has 0 aliphatic heterocycles. The predicted octanol–water partition coefficient (Wildman–Crippen LogP) is 6.24. The summed E-state index contributed by atoms with van der Waals surface area (Å²) in [4.78, 5) is 29.2. The van der Waals surface area contributed by atoms with Crippen LogP contribution in [0.4, 0.5) is 10.1 Å². The van der Waals surface area contributed by atoms with Gasteiger partial charge in [0.05, 0.1) is 10.6 Å². The Morgan fingerprint density at radius 1 is 1.00 bits per heavy atom. The first-order chi connectivity index (χ1) is 20.1. The van der Waals surface area contributed by atoms with Gasteiger partial charge in [-0.25, -0.2) is 12.8 Å². The van der Waals surface area contributed by atoms with E-state index in [0.29, 0.717) is 28.3 Å². The topological polar surface area (TPSA) is 86.8 Å². The molecule has 0 saturated heterocycles. The Balaban J connectivity index is 1.72. The van der Waals surface area contributed by atoms with Crippen LogP contribution < -0.4 is 9.62 Å². The van der Waals surface area contributed by atoms with E-state index in [1.165, 1.54) is 29.2 Å². The van der Waals surface area contributed by atoms with E-state index in [1.54, 1.807) is 55.5 Å². The quantitative estimate of drug-likeness (QED) is 0.277. The summed E-state index contributed by atoms with van der Waals surface area (Å²) in [6, 6.07) is 17.6. The van der Waals surface area contributed by atoms with E-state index in [0.717, 1.165) is 36.4 Å². The molecule has 7 nitrogen and oxygen atoms in total. The SMILES string of the molecule is CC[C@@H](C(=O)NC1CCCCC1)N(Cc1ccc(F)cc1)C(=O)CN(c1ccc(Cl)cc1C)S(=O)(=O)c1ccccc1. The number of amides is 2. The van der Waals surface area contributed by atoms with E-state index >= 15 is 0 Å². The van der Waals surface area contributed by atoms with Crippen molar-refractivity contribution >= 4 is 39.1 Å². The first-order valence-electron chi connectivity index (χ1n) is 14.3. The zero-order valence-corrected chi connectivity index (χ0v) is 25.5. The van der Waals surface area contributed by atoms with E-state index in [2.05, 4.69) is 5.32 Å². The molecule has 224 valence electrons. The summed E-state index contributed by atoms with van der Waals surface area (Å²) in [6.45, 7) is 3.00. The van der Waals surface area contributed by atoms with E-state index < -0.39 is 34.3 Å². The van der Waals surface area contributed by atoms with Gasteiger partial charge in [0.2, 0.25) is 11.8 Å². The van der Waals surface area contributed by atoms with Gasteiger partial charge in [-0.15, -0.1) is 0 Å². The third-order valence-electron chi connectivity index (χ3n) is 7.64. The van der Waals surface area contributed by atoms with Gasteiger partial charge >= 0.3 is 0 Å². The number of benzene rings is 3. The van der Waals surface area contributed by atoms with Crippen LogP contribution in [0, 0.1) is 12.7 Å². The predicted molar refractivity (Wildman–Crippen MR) is 163 cm³/mol. The Labute approximate surface area is 252 Å². The largest absolute Gasteiger partial charge is 0.352 e. The molecule has 42 heavy (non-hydrogen) atoms. The van der Waals surface area contributed by atoms with Crippen molar-refractivity contribution in [2.45, 2.75) is 75.9 Å². The molecule has 0 unspecified atom stereocenters. The molecule has 0 heterocycles. The molecule has 3 aromatic rings. The van der Waals surface area contributed by atoms with Gasteiger partial charge in [-0.3, -0.25) is 13.9 Å². The van der Waals surface area contributed by atoms with Crippen LogP contribution in [0.3, 0.4) is 0 Å². The van der Waals surface area contributed by atoms with E-state index in [4.69, 9.17) is 11.6 Å². The van der Waals surface area contributed by atoms with Crippen molar-refractivity contribution in [3.8, 4) is 0 Å². The maximum atomic E-state index is 14.2. The van der Waals surface area contributed by atoms with Crippen LogP contribution in [0.5, 0.6) is 0 Å². The number of hydrogen-bond acceptors (Lipinski definition) is 4. The normalized spacial score (nSPS) is 14.7. The summed E-state index contributed by atoms with van der Waals surface area (Å²) in [7, 11) is -4.18. The highest BCUT2D eigenvalue weighted by Gasteiger charge is 2.34. The van der Waals surface area contributed by atoms with Crippen molar-refractivity contribution in [3.05, 3.63) is 94.8 Å². The highest BCUT2D eigenvalue weighted by atomic mass is 35.5. The zero-order chi connectivity index (χ0) is 30.3. The second-order valence-electron chi connectivity index (χ2n) is 10.7. The van der Waals surface area contributed by atoms with Gasteiger partial charge in [0.25, 0.3) is 10.0 Å². The van der Waals surface area contributed by atoms with Crippen LogP contribution in [0.25, 0.3) is 0 Å². The fourth-order valence-corrected chi connectivity index (χ4v) is 7.11. The first-order valence-corrected chi connectivity index (χ1v) is 16.1. The number of nitrogens with zero attached hydrogens (tertiary/aromatic N) is 2. The minimum absolute atomic E-state index is 0.00846. The number of sulfonamides is 1. The van der Waals surface area contributed by atoms with Crippen LogP contribution in [0.15, 0.2) is 77.7 Å². The van der Waals surface area contributed by atoms with Crippen LogP contribution in [0.2, 0.25) is 5.02 Å². The fourth-order valence-electron chi connectivity index (χ4n) is 5.38. The molecule has 0 bridgehead atoms. The average molecular weight is 614 g/mol. The first kappa shape index (κ1) is 31.5. The van der Waals surface area contributed by atoms with Crippen molar-refractivity contribution in [3.63, 3.8) is 0 Å². The highest BCUT2D eigenvalue weighted by molar-refractivity contribution is 7.92. The van der Waals surface area contributed by atoms with Crippen molar-refractivity contribution < 1.29 is 22.4 Å². The summed E-state index contributed by atoms with van der Waals surface area (Å²) in [6.07, 6.45) is 5.28. The van der Waals surface area contributed by atoms with Crippen LogP contribution in [0.1, 0.15) is 56.6 Å². The van der Waals surface area contributed by atoms with Gasteiger partial charge in [-0.05, 0) is 79.8 Å². The summed E-state index contributed by atoms with van der Waals surface area (Å²) in [5.41, 5.74) is 1.49. The lowest BCUT2D eigenvalue weighted by atomic mass is 9.95. The summed E-state index contributed by atoms with van der Waals surface area (Å²) < 4.78 is 42.7. The summed E-state index contributed by atoms with van der Waals surface area (Å²) in [5.74, 6) is -1.25. The van der Waals surface area contributed by atoms with Crippen molar-refractivity contribution in [2.24, 2.45) is 0 Å². The molecule has 0 radical (unpaired) electrons. The highest BCUT2D eigenvalue weighted by Crippen LogP contribution is 2.29. The molecule has 0 aromatic heterocycles. The van der Waals surface area contributed by atoms with E-state index in [9.17, 15) is 22.4 Å². The number of carbonyl (C=O) groups excluding carboxylic acids is 2. The molecule has 4 rings (SSSR count). The molecule has 10 heteroatoms. The fraction of sp³-hybridized carbons (Fsp3) is 0.375. The lowest BCUT2D eigenvalue weighted by molar-refractivity contribution is -0.140. The van der Waals surface area contributed by atoms with Gasteiger partial charge in [-0.1, -0.05) is 68.1 Å². The molecule has 1 fully saturated rings. The Kier molecular flexibility index (Phi) is 10.6. The number of hydrogen-bond donors (Lipinski definition) is 1. The Bertz CT molecular complexity index is 1480. The minimum Gasteiger partial charge on any atom is -0.352 e. The van der Waals surface area contributed by atoms with Crippen LogP contribution >= 0.6 is 11.6 Å². The number of nitrogens with one attached hydrogen (secondary N) is 1. The van der Waals surface area contributed by atoms with Crippen molar-refractivity contribution in [1.82, 2.24) is 10.2 Å². The molecule has 2 amide bonds. The summed E-state index contributed by atoms with van der Waals surface area (Å²) in [5, 5.41) is 3.55. The van der Waals surface area contributed by atoms with E-state index in [1.807, 2.05) is 6.92 Å². The molecular formula is C32H37ClFN3O4S. The number of anilines is 1. The average Bonchev–Trinajstić information content (AvgIpc) is 2.98. The molecule has 1 saturated carbocycles. The van der Waals surface area contributed by atoms with Gasteiger partial charge in [0.15, 0.2) is 0 Å². The Morgan fingerprint density at radius 2 is 1.67 bits per heavy atom. The molecule has 0 spiro atoms. The maximum Gasteiger partial charge on any atom is 0.264 e.